The quantitative estimate of drug-likeness (QED) is 0.710. The second kappa shape index (κ2) is 3.99. The van der Waals surface area contributed by atoms with Crippen LogP contribution in [0.4, 0.5) is 0 Å². The van der Waals surface area contributed by atoms with Crippen LogP contribution in [-0.2, 0) is 0 Å². The van der Waals surface area contributed by atoms with Gasteiger partial charge in [0.25, 0.3) is 0 Å². The van der Waals surface area contributed by atoms with Gasteiger partial charge in [0, 0.05) is 25.4 Å². The van der Waals surface area contributed by atoms with Gasteiger partial charge < -0.3 is 4.90 Å². The fourth-order valence-electron chi connectivity index (χ4n) is 1.67. The smallest absolute Gasteiger partial charge is 0.147 e. The third kappa shape index (κ3) is 2.08. The molecular formula is C10H11Cl2N3. The summed E-state index contributed by atoms with van der Waals surface area (Å²) in [4.78, 5) is 10.6. The molecule has 2 rings (SSSR count). The number of pyridine rings is 1. The summed E-state index contributed by atoms with van der Waals surface area (Å²) in [6.45, 7) is 3.00. The molecule has 2 heterocycles. The second-order valence-electron chi connectivity index (χ2n) is 3.68. The molecule has 0 fully saturated rings. The highest BCUT2D eigenvalue weighted by Gasteiger charge is 2.20. The monoisotopic (exact) mass is 243 g/mol. The summed E-state index contributed by atoms with van der Waals surface area (Å²) in [6, 6.07) is 2.11. The van der Waals surface area contributed by atoms with Crippen molar-refractivity contribution in [1.29, 1.82) is 0 Å². The molecule has 0 aliphatic carbocycles. The van der Waals surface area contributed by atoms with Crippen LogP contribution in [0.1, 0.15) is 12.5 Å². The number of aromatic nitrogens is 1. The van der Waals surface area contributed by atoms with Gasteiger partial charge in [0.05, 0.1) is 11.1 Å². The molecule has 0 N–H and O–H groups in total. The van der Waals surface area contributed by atoms with E-state index in [1.54, 1.807) is 12.3 Å². The summed E-state index contributed by atoms with van der Waals surface area (Å²) in [5, 5.41) is 0.791. The lowest BCUT2D eigenvalue weighted by atomic mass is 10.2. The van der Waals surface area contributed by atoms with Crippen molar-refractivity contribution in [3.8, 4) is 0 Å². The molecule has 1 unspecified atom stereocenters. The van der Waals surface area contributed by atoms with Gasteiger partial charge in [-0.3, -0.25) is 4.99 Å². The van der Waals surface area contributed by atoms with Crippen LogP contribution in [0.2, 0.25) is 10.2 Å². The molecule has 0 bridgehead atoms. The lowest BCUT2D eigenvalue weighted by Gasteiger charge is -2.13. The maximum absolute atomic E-state index is 5.91. The number of nitrogens with zero attached hydrogens (tertiary/aromatic N) is 3. The van der Waals surface area contributed by atoms with Crippen molar-refractivity contribution in [3.63, 3.8) is 0 Å². The van der Waals surface area contributed by atoms with E-state index < -0.39 is 0 Å². The molecule has 0 aromatic carbocycles. The first-order chi connectivity index (χ1) is 7.08. The van der Waals surface area contributed by atoms with Crippen LogP contribution < -0.4 is 0 Å². The molecule has 3 nitrogen and oxygen atoms in total. The van der Waals surface area contributed by atoms with Gasteiger partial charge in [0.15, 0.2) is 0 Å². The van der Waals surface area contributed by atoms with Gasteiger partial charge in [-0.2, -0.15) is 0 Å². The highest BCUT2D eigenvalue weighted by Crippen LogP contribution is 2.22. The summed E-state index contributed by atoms with van der Waals surface area (Å²) in [5.41, 5.74) is 0.913. The Morgan fingerprint density at radius 1 is 1.47 bits per heavy atom. The van der Waals surface area contributed by atoms with Crippen molar-refractivity contribution in [3.05, 3.63) is 28.0 Å². The van der Waals surface area contributed by atoms with E-state index in [1.165, 1.54) is 0 Å². The fourth-order valence-corrected chi connectivity index (χ4v) is 1.94. The van der Waals surface area contributed by atoms with Gasteiger partial charge in [-0.1, -0.05) is 23.2 Å². The SMILES string of the molecule is CC1CN(C)C(c2cnc(Cl)c(Cl)c2)=N1. The number of amidine groups is 1. The molecule has 0 radical (unpaired) electrons. The third-order valence-corrected chi connectivity index (χ3v) is 2.98. The maximum atomic E-state index is 5.91. The van der Waals surface area contributed by atoms with Crippen LogP contribution in [0.3, 0.4) is 0 Å². The van der Waals surface area contributed by atoms with Crippen LogP contribution >= 0.6 is 23.2 Å². The van der Waals surface area contributed by atoms with E-state index in [0.29, 0.717) is 16.2 Å². The largest absolute Gasteiger partial charge is 0.357 e. The van der Waals surface area contributed by atoms with Gasteiger partial charge in [-0.05, 0) is 13.0 Å². The lowest BCUT2D eigenvalue weighted by Crippen LogP contribution is -2.24. The van der Waals surface area contributed by atoms with Crippen LogP contribution in [0, 0.1) is 0 Å². The van der Waals surface area contributed by atoms with Gasteiger partial charge >= 0.3 is 0 Å². The van der Waals surface area contributed by atoms with E-state index in [0.717, 1.165) is 17.9 Å². The number of rotatable bonds is 1. The van der Waals surface area contributed by atoms with Crippen molar-refractivity contribution in [2.24, 2.45) is 4.99 Å². The van der Waals surface area contributed by atoms with Crippen LogP contribution in [0.5, 0.6) is 0 Å². The molecule has 15 heavy (non-hydrogen) atoms. The minimum Gasteiger partial charge on any atom is -0.357 e. The second-order valence-corrected chi connectivity index (χ2v) is 4.44. The Bertz CT molecular complexity index is 417. The van der Waals surface area contributed by atoms with Crippen molar-refractivity contribution in [2.45, 2.75) is 13.0 Å². The Balaban J connectivity index is 2.38. The molecule has 1 aliphatic heterocycles. The third-order valence-electron chi connectivity index (χ3n) is 2.30. The Morgan fingerprint density at radius 3 is 2.73 bits per heavy atom. The Labute approximate surface area is 98.7 Å². The van der Waals surface area contributed by atoms with Gasteiger partial charge in [-0.25, -0.2) is 4.98 Å². The van der Waals surface area contributed by atoms with E-state index in [2.05, 4.69) is 21.8 Å². The molecule has 1 aliphatic rings. The predicted molar refractivity (Wildman–Crippen MR) is 62.9 cm³/mol. The lowest BCUT2D eigenvalue weighted by molar-refractivity contribution is 0.514. The molecule has 0 spiro atoms. The van der Waals surface area contributed by atoms with E-state index >= 15 is 0 Å². The van der Waals surface area contributed by atoms with Crippen molar-refractivity contribution < 1.29 is 0 Å². The number of aliphatic imine (C=N–C) groups is 1. The Hall–Kier alpha value is -0.800. The standard InChI is InChI=1S/C10H11Cl2N3/c1-6-5-15(2)10(14-6)7-3-8(11)9(12)13-4-7/h3-4,6H,5H2,1-2H3. The van der Waals surface area contributed by atoms with E-state index in [1.807, 2.05) is 7.05 Å². The highest BCUT2D eigenvalue weighted by atomic mass is 35.5. The highest BCUT2D eigenvalue weighted by molar-refractivity contribution is 6.41. The summed E-state index contributed by atoms with van der Waals surface area (Å²) >= 11 is 11.7. The summed E-state index contributed by atoms with van der Waals surface area (Å²) in [5.74, 6) is 0.925. The molecule has 0 amide bonds. The first-order valence-electron chi connectivity index (χ1n) is 4.68. The zero-order valence-electron chi connectivity index (χ0n) is 8.54. The van der Waals surface area contributed by atoms with Crippen LogP contribution in [0.15, 0.2) is 17.3 Å². The van der Waals surface area contributed by atoms with Crippen molar-refractivity contribution in [1.82, 2.24) is 9.88 Å². The molecule has 80 valence electrons. The number of halogens is 2. The summed E-state index contributed by atoms with van der Waals surface area (Å²) < 4.78 is 0. The van der Waals surface area contributed by atoms with E-state index in [9.17, 15) is 0 Å². The minimum atomic E-state index is 0.319. The Kier molecular flexibility index (Phi) is 2.85. The van der Waals surface area contributed by atoms with Gasteiger partial charge in [0.1, 0.15) is 11.0 Å². The van der Waals surface area contributed by atoms with Crippen LogP contribution in [-0.4, -0.2) is 35.4 Å². The maximum Gasteiger partial charge on any atom is 0.147 e. The van der Waals surface area contributed by atoms with Crippen molar-refractivity contribution in [2.75, 3.05) is 13.6 Å². The van der Waals surface area contributed by atoms with Gasteiger partial charge in [-0.15, -0.1) is 0 Å². The van der Waals surface area contributed by atoms with E-state index in [-0.39, 0.29) is 0 Å². The molecule has 1 aromatic heterocycles. The molecule has 1 aromatic rings. The molecular weight excluding hydrogens is 233 g/mol. The average Bonchev–Trinajstić information content (AvgIpc) is 2.50. The molecule has 0 saturated heterocycles. The molecule has 5 heteroatoms. The Morgan fingerprint density at radius 2 is 2.20 bits per heavy atom. The molecule has 1 atom stereocenters. The zero-order chi connectivity index (χ0) is 11.0. The predicted octanol–water partition coefficient (Wildman–Crippen LogP) is 2.47. The first kappa shape index (κ1) is 10.7. The number of likely N-dealkylation sites (N-methyl/N-ethyl adjacent to an activating group) is 1. The zero-order valence-corrected chi connectivity index (χ0v) is 10.0. The number of hydrogen-bond acceptors (Lipinski definition) is 3. The first-order valence-corrected chi connectivity index (χ1v) is 5.44. The average molecular weight is 244 g/mol. The van der Waals surface area contributed by atoms with Crippen molar-refractivity contribution >= 4 is 29.0 Å². The number of hydrogen-bond donors (Lipinski definition) is 0. The van der Waals surface area contributed by atoms with Gasteiger partial charge in [0.2, 0.25) is 0 Å². The summed E-state index contributed by atoms with van der Waals surface area (Å²) in [7, 11) is 2.00. The summed E-state index contributed by atoms with van der Waals surface area (Å²) in [6.07, 6.45) is 1.70. The topological polar surface area (TPSA) is 28.5 Å². The fraction of sp³-hybridized carbons (Fsp3) is 0.400. The normalized spacial score (nSPS) is 20.7. The minimum absolute atomic E-state index is 0.319. The molecule has 0 saturated carbocycles. The van der Waals surface area contributed by atoms with Crippen LogP contribution in [0.25, 0.3) is 0 Å². The van der Waals surface area contributed by atoms with E-state index in [4.69, 9.17) is 23.2 Å².